The highest BCUT2D eigenvalue weighted by Gasteiger charge is 2.28. The minimum Gasteiger partial charge on any atom is -0.311 e. The summed E-state index contributed by atoms with van der Waals surface area (Å²) in [4.78, 5) is 2.41. The second-order valence-corrected chi connectivity index (χ2v) is 17.3. The third-order valence-electron chi connectivity index (χ3n) is 13.5. The van der Waals surface area contributed by atoms with E-state index >= 15 is 0 Å². The molecule has 9 aromatic carbocycles. The highest BCUT2D eigenvalue weighted by Crippen LogP contribution is 2.47. The van der Waals surface area contributed by atoms with E-state index in [9.17, 15) is 0 Å². The summed E-state index contributed by atoms with van der Waals surface area (Å²) >= 11 is 0. The average molecular weight is 810 g/mol. The van der Waals surface area contributed by atoms with Crippen LogP contribution < -0.4 is 4.90 Å². The zero-order valence-corrected chi connectivity index (χ0v) is 35.8. The van der Waals surface area contributed by atoms with Gasteiger partial charge in [-0.1, -0.05) is 176 Å². The van der Waals surface area contributed by atoms with Gasteiger partial charge in [0.15, 0.2) is 0 Å². The van der Waals surface area contributed by atoms with Crippen LogP contribution in [0.1, 0.15) is 47.9 Å². The van der Waals surface area contributed by atoms with Gasteiger partial charge in [-0.2, -0.15) is 0 Å². The fourth-order valence-corrected chi connectivity index (χ4v) is 10.4. The van der Waals surface area contributed by atoms with Crippen LogP contribution in [0.4, 0.5) is 17.1 Å². The lowest BCUT2D eigenvalue weighted by molar-refractivity contribution is 0.662. The molecular formula is C62H51N. The zero-order chi connectivity index (χ0) is 42.0. The van der Waals surface area contributed by atoms with Crippen molar-refractivity contribution < 1.29 is 0 Å². The van der Waals surface area contributed by atoms with E-state index in [1.165, 1.54) is 86.9 Å². The predicted molar refractivity (Wildman–Crippen MR) is 267 cm³/mol. The normalized spacial score (nSPS) is 13.2. The summed E-state index contributed by atoms with van der Waals surface area (Å²) in [6.45, 7) is 0. The molecule has 1 nitrogen and oxygen atoms in total. The highest BCUT2D eigenvalue weighted by molar-refractivity contribution is 5.87. The fourth-order valence-electron chi connectivity index (χ4n) is 10.4. The van der Waals surface area contributed by atoms with Crippen molar-refractivity contribution in [2.45, 2.75) is 51.4 Å². The van der Waals surface area contributed by atoms with Crippen LogP contribution in [0.25, 0.3) is 66.8 Å². The van der Waals surface area contributed by atoms with Gasteiger partial charge in [0.2, 0.25) is 0 Å². The van der Waals surface area contributed by atoms with Crippen molar-refractivity contribution in [3.8, 4) is 66.8 Å². The molecule has 11 rings (SSSR count). The standard InChI is InChI=1S/C62H51N/c1-4-14-44(15-5-1)47-24-26-49(27-25-47)51-34-40-55(41-35-51)63(54-38-32-50(33-39-54)46-18-8-3-9-19-46)56-42-36-53(37-43-56)62-59-22-12-10-20-57(59)61(58-21-11-13-23-60(58)62)52-30-28-48(29-31-52)45-16-6-2-7-17-45/h1-9,14-19,24-43H,10-13,20-23H2. The molecule has 0 heterocycles. The van der Waals surface area contributed by atoms with Gasteiger partial charge in [-0.25, -0.2) is 0 Å². The number of benzene rings is 9. The smallest absolute Gasteiger partial charge is 0.0462 e. The Hall–Kier alpha value is -7.22. The molecule has 63 heavy (non-hydrogen) atoms. The molecular weight excluding hydrogens is 759 g/mol. The average Bonchev–Trinajstić information content (AvgIpc) is 3.37. The summed E-state index contributed by atoms with van der Waals surface area (Å²) in [5, 5.41) is 0. The first-order valence-corrected chi connectivity index (χ1v) is 22.9. The van der Waals surface area contributed by atoms with E-state index in [4.69, 9.17) is 0 Å². The number of rotatable bonds is 9. The van der Waals surface area contributed by atoms with Crippen molar-refractivity contribution >= 4 is 17.1 Å². The molecule has 1 heteroatoms. The first-order valence-electron chi connectivity index (χ1n) is 22.9. The molecule has 9 aromatic rings. The van der Waals surface area contributed by atoms with Gasteiger partial charge in [-0.3, -0.25) is 0 Å². The Labute approximate surface area is 373 Å². The Bertz CT molecular complexity index is 2930. The number of hydrogen-bond acceptors (Lipinski definition) is 1. The van der Waals surface area contributed by atoms with Crippen LogP contribution in [0.15, 0.2) is 212 Å². The summed E-state index contributed by atoms with van der Waals surface area (Å²) in [5.41, 5.74) is 25.5. The summed E-state index contributed by atoms with van der Waals surface area (Å²) in [6, 6.07) is 78.1. The molecule has 0 saturated carbocycles. The lowest BCUT2D eigenvalue weighted by Gasteiger charge is -2.32. The van der Waals surface area contributed by atoms with Crippen LogP contribution in [-0.2, 0) is 25.7 Å². The minimum absolute atomic E-state index is 1.14. The van der Waals surface area contributed by atoms with Crippen LogP contribution in [0.2, 0.25) is 0 Å². The molecule has 0 amide bonds. The van der Waals surface area contributed by atoms with E-state index in [1.54, 1.807) is 27.8 Å². The third-order valence-corrected chi connectivity index (χ3v) is 13.5. The van der Waals surface area contributed by atoms with Crippen LogP contribution in [0.3, 0.4) is 0 Å². The molecule has 0 aromatic heterocycles. The van der Waals surface area contributed by atoms with Crippen molar-refractivity contribution in [1.82, 2.24) is 0 Å². The van der Waals surface area contributed by atoms with Crippen molar-refractivity contribution in [3.63, 3.8) is 0 Å². The van der Waals surface area contributed by atoms with Crippen LogP contribution >= 0.6 is 0 Å². The lowest BCUT2D eigenvalue weighted by atomic mass is 9.73. The second kappa shape index (κ2) is 17.3. The molecule has 0 radical (unpaired) electrons. The maximum absolute atomic E-state index is 2.41. The van der Waals surface area contributed by atoms with E-state index in [1.807, 2.05) is 0 Å². The van der Waals surface area contributed by atoms with E-state index in [-0.39, 0.29) is 0 Å². The van der Waals surface area contributed by atoms with Crippen molar-refractivity contribution in [3.05, 3.63) is 235 Å². The second-order valence-electron chi connectivity index (χ2n) is 17.3. The Kier molecular flexibility index (Phi) is 10.6. The van der Waals surface area contributed by atoms with E-state index in [0.29, 0.717) is 0 Å². The number of hydrogen-bond donors (Lipinski definition) is 0. The quantitative estimate of drug-likeness (QED) is 0.140. The van der Waals surface area contributed by atoms with Crippen LogP contribution in [0, 0.1) is 0 Å². The van der Waals surface area contributed by atoms with Gasteiger partial charge in [0, 0.05) is 17.1 Å². The van der Waals surface area contributed by atoms with E-state index < -0.39 is 0 Å². The van der Waals surface area contributed by atoms with Gasteiger partial charge < -0.3 is 4.90 Å². The molecule has 0 saturated heterocycles. The van der Waals surface area contributed by atoms with Gasteiger partial charge in [0.1, 0.15) is 0 Å². The van der Waals surface area contributed by atoms with Gasteiger partial charge in [-0.05, 0) is 177 Å². The predicted octanol–water partition coefficient (Wildman–Crippen LogP) is 16.9. The van der Waals surface area contributed by atoms with E-state index in [2.05, 4.69) is 217 Å². The summed E-state index contributed by atoms with van der Waals surface area (Å²) < 4.78 is 0. The number of fused-ring (bicyclic) bond motifs is 2. The van der Waals surface area contributed by atoms with Crippen molar-refractivity contribution in [2.75, 3.05) is 4.90 Å². The Morgan fingerprint density at radius 2 is 0.413 bits per heavy atom. The molecule has 0 spiro atoms. The summed E-state index contributed by atoms with van der Waals surface area (Å²) in [5.74, 6) is 0. The molecule has 2 aliphatic rings. The minimum atomic E-state index is 1.14. The summed E-state index contributed by atoms with van der Waals surface area (Å²) in [6.07, 6.45) is 9.63. The molecule has 304 valence electrons. The topological polar surface area (TPSA) is 3.24 Å². The zero-order valence-electron chi connectivity index (χ0n) is 35.8. The number of nitrogens with zero attached hydrogens (tertiary/aromatic N) is 1. The summed E-state index contributed by atoms with van der Waals surface area (Å²) in [7, 11) is 0. The highest BCUT2D eigenvalue weighted by atomic mass is 15.1. The monoisotopic (exact) mass is 809 g/mol. The lowest BCUT2D eigenvalue weighted by Crippen LogP contribution is -2.15. The molecule has 0 unspecified atom stereocenters. The SMILES string of the molecule is c1ccc(-c2ccc(-c3ccc(N(c4ccc(-c5ccccc5)cc4)c4ccc(-c5c6c(c(-c7ccc(-c8ccccc8)cc7)c7c5CCCC7)CCCC6)cc4)cc3)cc2)cc1. The molecule has 0 N–H and O–H groups in total. The third kappa shape index (κ3) is 7.70. The van der Waals surface area contributed by atoms with E-state index in [0.717, 1.165) is 42.7 Å². The Balaban J connectivity index is 0.964. The molecule has 0 atom stereocenters. The molecule has 0 bridgehead atoms. The molecule has 0 fully saturated rings. The molecule has 0 aliphatic heterocycles. The first-order chi connectivity index (χ1) is 31.2. The fraction of sp³-hybridized carbons (Fsp3) is 0.129. The van der Waals surface area contributed by atoms with Crippen LogP contribution in [-0.4, -0.2) is 0 Å². The Morgan fingerprint density at radius 3 is 0.683 bits per heavy atom. The first kappa shape index (κ1) is 38.7. The van der Waals surface area contributed by atoms with Gasteiger partial charge in [-0.15, -0.1) is 0 Å². The van der Waals surface area contributed by atoms with Gasteiger partial charge >= 0.3 is 0 Å². The number of anilines is 3. The molecule has 2 aliphatic carbocycles. The van der Waals surface area contributed by atoms with Crippen molar-refractivity contribution in [1.29, 1.82) is 0 Å². The maximum atomic E-state index is 2.41. The largest absolute Gasteiger partial charge is 0.311 e. The van der Waals surface area contributed by atoms with Gasteiger partial charge in [0.05, 0.1) is 0 Å². The van der Waals surface area contributed by atoms with Crippen LogP contribution in [0.5, 0.6) is 0 Å². The van der Waals surface area contributed by atoms with Gasteiger partial charge in [0.25, 0.3) is 0 Å². The maximum Gasteiger partial charge on any atom is 0.0462 e. The van der Waals surface area contributed by atoms with Crippen molar-refractivity contribution in [2.24, 2.45) is 0 Å². The Morgan fingerprint density at radius 1 is 0.206 bits per heavy atom.